The monoisotopic (exact) mass is 353 g/mol. The predicted octanol–water partition coefficient (Wildman–Crippen LogP) is 3.51. The summed E-state index contributed by atoms with van der Waals surface area (Å²) in [6.07, 6.45) is 0. The highest BCUT2D eigenvalue weighted by molar-refractivity contribution is 9.10. The van der Waals surface area contributed by atoms with E-state index in [4.69, 9.17) is 0 Å². The molecule has 0 bridgehead atoms. The minimum absolute atomic E-state index is 0.396. The summed E-state index contributed by atoms with van der Waals surface area (Å²) in [7, 11) is 4.36. The molecule has 3 unspecified atom stereocenters. The first kappa shape index (κ1) is 16.8. The van der Waals surface area contributed by atoms with E-state index in [9.17, 15) is 0 Å². The maximum absolute atomic E-state index is 3.77. The third kappa shape index (κ3) is 3.79. The van der Waals surface area contributed by atoms with E-state index in [0.717, 1.165) is 19.6 Å². The second kappa shape index (κ2) is 7.12. The molecule has 2 rings (SSSR count). The topological polar surface area (TPSA) is 18.5 Å². The van der Waals surface area contributed by atoms with Gasteiger partial charge in [-0.1, -0.05) is 19.9 Å². The van der Waals surface area contributed by atoms with Gasteiger partial charge in [-0.05, 0) is 67.1 Å². The molecule has 0 aromatic heterocycles. The van der Waals surface area contributed by atoms with E-state index in [1.165, 1.54) is 15.7 Å². The van der Waals surface area contributed by atoms with Crippen molar-refractivity contribution in [2.45, 2.75) is 32.9 Å². The zero-order chi connectivity index (χ0) is 15.6. The number of nitrogens with zero attached hydrogens (tertiary/aromatic N) is 2. The summed E-state index contributed by atoms with van der Waals surface area (Å²) in [5.74, 6) is 0.701. The maximum Gasteiger partial charge on any atom is 0.0511 e. The van der Waals surface area contributed by atoms with Gasteiger partial charge in [0.25, 0.3) is 0 Å². The molecule has 0 radical (unpaired) electrons. The Morgan fingerprint density at radius 2 is 2.10 bits per heavy atom. The normalized spacial score (nSPS) is 23.9. The van der Waals surface area contributed by atoms with Crippen molar-refractivity contribution >= 4 is 21.6 Å². The molecule has 1 heterocycles. The van der Waals surface area contributed by atoms with Gasteiger partial charge < -0.3 is 15.1 Å². The van der Waals surface area contributed by atoms with Crippen molar-refractivity contribution in [3.63, 3.8) is 0 Å². The average molecular weight is 354 g/mol. The number of hydrogen-bond donors (Lipinski definition) is 1. The standard InChI is InChI=1S/C17H28BrN3/c1-6-19-13(3)14-7-8-16(15(18)9-14)21-10-12(2)17(11-21)20(4)5/h7-9,12-13,17,19H,6,10-11H2,1-5H3. The van der Waals surface area contributed by atoms with Gasteiger partial charge in [0.1, 0.15) is 0 Å². The molecular weight excluding hydrogens is 326 g/mol. The summed E-state index contributed by atoms with van der Waals surface area (Å²) < 4.78 is 1.20. The van der Waals surface area contributed by atoms with Crippen molar-refractivity contribution in [1.82, 2.24) is 10.2 Å². The Labute approximate surface area is 137 Å². The van der Waals surface area contributed by atoms with Gasteiger partial charge in [-0.15, -0.1) is 0 Å². The van der Waals surface area contributed by atoms with E-state index in [1.807, 2.05) is 0 Å². The van der Waals surface area contributed by atoms with Crippen LogP contribution in [-0.2, 0) is 0 Å². The molecule has 21 heavy (non-hydrogen) atoms. The van der Waals surface area contributed by atoms with Crippen LogP contribution in [0.15, 0.2) is 22.7 Å². The molecule has 1 aliphatic heterocycles. The Morgan fingerprint density at radius 1 is 1.38 bits per heavy atom. The Hall–Kier alpha value is -0.580. The summed E-state index contributed by atoms with van der Waals surface area (Å²) in [5, 5.41) is 3.47. The lowest BCUT2D eigenvalue weighted by Crippen LogP contribution is -2.34. The number of benzene rings is 1. The van der Waals surface area contributed by atoms with Crippen molar-refractivity contribution in [2.24, 2.45) is 5.92 Å². The van der Waals surface area contributed by atoms with Crippen LogP contribution < -0.4 is 10.2 Å². The number of hydrogen-bond acceptors (Lipinski definition) is 3. The van der Waals surface area contributed by atoms with Crippen LogP contribution in [-0.4, -0.2) is 44.7 Å². The van der Waals surface area contributed by atoms with Crippen molar-refractivity contribution in [3.05, 3.63) is 28.2 Å². The highest BCUT2D eigenvalue weighted by Gasteiger charge is 2.31. The van der Waals surface area contributed by atoms with E-state index in [1.54, 1.807) is 0 Å². The number of rotatable bonds is 5. The minimum atomic E-state index is 0.396. The van der Waals surface area contributed by atoms with Crippen LogP contribution in [0.1, 0.15) is 32.4 Å². The fraction of sp³-hybridized carbons (Fsp3) is 0.647. The lowest BCUT2D eigenvalue weighted by molar-refractivity contribution is 0.266. The van der Waals surface area contributed by atoms with Crippen LogP contribution in [0.5, 0.6) is 0 Å². The maximum atomic E-state index is 3.77. The van der Waals surface area contributed by atoms with Crippen LogP contribution in [0.4, 0.5) is 5.69 Å². The molecular formula is C17H28BrN3. The summed E-state index contributed by atoms with van der Waals surface area (Å²) >= 11 is 3.77. The quantitative estimate of drug-likeness (QED) is 0.873. The number of halogens is 1. The first-order valence-electron chi connectivity index (χ1n) is 7.88. The Bertz CT molecular complexity index is 475. The largest absolute Gasteiger partial charge is 0.369 e. The second-order valence-electron chi connectivity index (χ2n) is 6.40. The summed E-state index contributed by atoms with van der Waals surface area (Å²) in [6.45, 7) is 9.94. The zero-order valence-electron chi connectivity index (χ0n) is 13.9. The van der Waals surface area contributed by atoms with Crippen LogP contribution in [0.2, 0.25) is 0 Å². The average Bonchev–Trinajstić information content (AvgIpc) is 2.81. The summed E-state index contributed by atoms with van der Waals surface area (Å²) in [4.78, 5) is 4.85. The molecule has 4 heteroatoms. The molecule has 3 nitrogen and oxygen atoms in total. The highest BCUT2D eigenvalue weighted by Crippen LogP contribution is 2.33. The molecule has 0 aliphatic carbocycles. The van der Waals surface area contributed by atoms with Crippen molar-refractivity contribution in [3.8, 4) is 0 Å². The number of likely N-dealkylation sites (N-methyl/N-ethyl adjacent to an activating group) is 1. The van der Waals surface area contributed by atoms with Crippen LogP contribution in [0.25, 0.3) is 0 Å². The molecule has 0 amide bonds. The van der Waals surface area contributed by atoms with Gasteiger partial charge in [-0.3, -0.25) is 0 Å². The van der Waals surface area contributed by atoms with Gasteiger partial charge in [-0.2, -0.15) is 0 Å². The van der Waals surface area contributed by atoms with Gasteiger partial charge in [0.2, 0.25) is 0 Å². The SMILES string of the molecule is CCNC(C)c1ccc(N2CC(C)C(N(C)C)C2)c(Br)c1. The number of anilines is 1. The van der Waals surface area contributed by atoms with Crippen molar-refractivity contribution in [2.75, 3.05) is 38.6 Å². The van der Waals surface area contributed by atoms with Gasteiger partial charge in [0.05, 0.1) is 5.69 Å². The van der Waals surface area contributed by atoms with Crippen LogP contribution in [0.3, 0.4) is 0 Å². The molecule has 1 aliphatic rings. The van der Waals surface area contributed by atoms with Crippen LogP contribution >= 0.6 is 15.9 Å². The summed E-state index contributed by atoms with van der Waals surface area (Å²) in [5.41, 5.74) is 2.66. The summed E-state index contributed by atoms with van der Waals surface area (Å²) in [6, 6.07) is 7.81. The third-order valence-corrected chi connectivity index (χ3v) is 5.19. The molecule has 1 aromatic rings. The lowest BCUT2D eigenvalue weighted by atomic mass is 10.1. The smallest absolute Gasteiger partial charge is 0.0511 e. The first-order chi connectivity index (χ1) is 9.93. The fourth-order valence-electron chi connectivity index (χ4n) is 3.29. The van der Waals surface area contributed by atoms with Gasteiger partial charge in [0.15, 0.2) is 0 Å². The molecule has 3 atom stereocenters. The number of nitrogens with one attached hydrogen (secondary N) is 1. The lowest BCUT2D eigenvalue weighted by Gasteiger charge is -2.24. The third-order valence-electron chi connectivity index (χ3n) is 4.56. The Balaban J connectivity index is 2.15. The zero-order valence-corrected chi connectivity index (χ0v) is 15.4. The van der Waals surface area contributed by atoms with E-state index in [0.29, 0.717) is 18.0 Å². The molecule has 0 saturated carbocycles. The fourth-order valence-corrected chi connectivity index (χ4v) is 3.94. The Morgan fingerprint density at radius 3 is 2.62 bits per heavy atom. The predicted molar refractivity (Wildman–Crippen MR) is 95.1 cm³/mol. The van der Waals surface area contributed by atoms with Gasteiger partial charge in [-0.25, -0.2) is 0 Å². The molecule has 118 valence electrons. The molecule has 1 fully saturated rings. The van der Waals surface area contributed by atoms with Crippen molar-refractivity contribution < 1.29 is 0 Å². The van der Waals surface area contributed by atoms with Gasteiger partial charge in [0, 0.05) is 29.6 Å². The van der Waals surface area contributed by atoms with Crippen molar-refractivity contribution in [1.29, 1.82) is 0 Å². The molecule has 1 aromatic carbocycles. The molecule has 1 N–H and O–H groups in total. The van der Waals surface area contributed by atoms with E-state index < -0.39 is 0 Å². The highest BCUT2D eigenvalue weighted by atomic mass is 79.9. The van der Waals surface area contributed by atoms with E-state index >= 15 is 0 Å². The van der Waals surface area contributed by atoms with Gasteiger partial charge >= 0.3 is 0 Å². The van der Waals surface area contributed by atoms with E-state index in [-0.39, 0.29) is 0 Å². The van der Waals surface area contributed by atoms with Crippen LogP contribution in [0, 0.1) is 5.92 Å². The molecule has 1 saturated heterocycles. The second-order valence-corrected chi connectivity index (χ2v) is 7.26. The minimum Gasteiger partial charge on any atom is -0.369 e. The first-order valence-corrected chi connectivity index (χ1v) is 8.67. The molecule has 0 spiro atoms. The Kier molecular flexibility index (Phi) is 5.69. The van der Waals surface area contributed by atoms with E-state index in [2.05, 4.69) is 84.1 Å².